The topological polar surface area (TPSA) is 75.7 Å². The zero-order valence-corrected chi connectivity index (χ0v) is 28.3. The van der Waals surface area contributed by atoms with E-state index in [1.54, 1.807) is 0 Å². The highest BCUT2D eigenvalue weighted by Crippen LogP contribution is 2.60. The van der Waals surface area contributed by atoms with E-state index in [2.05, 4.69) is 62.6 Å². The Morgan fingerprint density at radius 2 is 1.51 bits per heavy atom. The van der Waals surface area contributed by atoms with Crippen LogP contribution in [0.2, 0.25) is 5.02 Å². The molecule has 5 fully saturated rings. The van der Waals surface area contributed by atoms with Gasteiger partial charge in [0.05, 0.1) is 12.8 Å². The number of urea groups is 1. The molecule has 1 saturated heterocycles. The number of carbonyl (C=O) groups excluding carboxylic acids is 3. The smallest absolute Gasteiger partial charge is 0.335 e. The van der Waals surface area contributed by atoms with Crippen molar-refractivity contribution in [3.63, 3.8) is 0 Å². The summed E-state index contributed by atoms with van der Waals surface area (Å²) >= 11 is 10.6. The largest absolute Gasteiger partial charge is 0.487 e. The lowest BCUT2D eigenvalue weighted by Gasteiger charge is -2.57. The van der Waals surface area contributed by atoms with E-state index in [9.17, 15) is 14.4 Å². The number of nitrogens with zero attached hydrogens (tertiary/aromatic N) is 1. The molecular formula is C34H29ClI2N2O4. The van der Waals surface area contributed by atoms with Gasteiger partial charge in [-0.15, -0.1) is 0 Å². The first-order valence-corrected chi connectivity index (χ1v) is 17.1. The van der Waals surface area contributed by atoms with Crippen molar-refractivity contribution in [1.29, 1.82) is 0 Å². The van der Waals surface area contributed by atoms with Gasteiger partial charge in [-0.1, -0.05) is 41.9 Å². The number of anilines is 1. The maximum Gasteiger partial charge on any atom is 0.335 e. The summed E-state index contributed by atoms with van der Waals surface area (Å²) in [6.07, 6.45) is 9.37. The molecule has 43 heavy (non-hydrogen) atoms. The number of halogens is 3. The van der Waals surface area contributed by atoms with Gasteiger partial charge < -0.3 is 4.74 Å². The Balaban J connectivity index is 1.12. The van der Waals surface area contributed by atoms with Crippen LogP contribution in [0.15, 0.2) is 66.2 Å². The summed E-state index contributed by atoms with van der Waals surface area (Å²) in [4.78, 5) is 40.4. The van der Waals surface area contributed by atoms with Gasteiger partial charge in [-0.3, -0.25) is 14.9 Å². The van der Waals surface area contributed by atoms with Crippen LogP contribution in [0.5, 0.6) is 5.75 Å². The second-order valence-corrected chi connectivity index (χ2v) is 15.1. The lowest BCUT2D eigenvalue weighted by atomic mass is 9.48. The lowest BCUT2D eigenvalue weighted by Crippen LogP contribution is -2.54. The van der Waals surface area contributed by atoms with Gasteiger partial charge in [-0.2, -0.15) is 0 Å². The number of nitrogens with one attached hydrogen (secondary N) is 1. The van der Waals surface area contributed by atoms with Crippen LogP contribution in [-0.4, -0.2) is 17.8 Å². The molecule has 4 amide bonds. The fourth-order valence-corrected chi connectivity index (χ4v) is 10.4. The van der Waals surface area contributed by atoms with Gasteiger partial charge in [-0.05, 0) is 154 Å². The number of rotatable bonds is 6. The first-order valence-electron chi connectivity index (χ1n) is 14.6. The predicted octanol–water partition coefficient (Wildman–Crippen LogP) is 8.26. The van der Waals surface area contributed by atoms with E-state index >= 15 is 0 Å². The second-order valence-electron chi connectivity index (χ2n) is 12.4. The highest BCUT2D eigenvalue weighted by molar-refractivity contribution is 14.1. The van der Waals surface area contributed by atoms with Crippen LogP contribution in [0.3, 0.4) is 0 Å². The molecule has 0 spiro atoms. The van der Waals surface area contributed by atoms with E-state index in [-0.39, 0.29) is 11.0 Å². The third-order valence-corrected chi connectivity index (χ3v) is 11.5. The number of barbiturate groups is 1. The Kier molecular flexibility index (Phi) is 7.82. The van der Waals surface area contributed by atoms with Gasteiger partial charge in [0.15, 0.2) is 0 Å². The number of benzene rings is 3. The van der Waals surface area contributed by atoms with Crippen LogP contribution in [0, 0.1) is 24.9 Å². The molecule has 0 radical (unpaired) electrons. The number of imide groups is 2. The van der Waals surface area contributed by atoms with Crippen molar-refractivity contribution >= 4 is 86.4 Å². The molecule has 6 nitrogen and oxygen atoms in total. The van der Waals surface area contributed by atoms with Crippen molar-refractivity contribution in [3.8, 4) is 5.75 Å². The quantitative estimate of drug-likeness (QED) is 0.155. The Bertz CT molecular complexity index is 1630. The molecule has 1 aliphatic heterocycles. The Morgan fingerprint density at radius 1 is 0.907 bits per heavy atom. The molecule has 8 rings (SSSR count). The second kappa shape index (κ2) is 11.5. The first kappa shape index (κ1) is 29.3. The van der Waals surface area contributed by atoms with Crippen molar-refractivity contribution in [2.45, 2.75) is 50.5 Å². The molecule has 9 heteroatoms. The van der Waals surface area contributed by atoms with E-state index in [0.29, 0.717) is 28.6 Å². The van der Waals surface area contributed by atoms with Gasteiger partial charge in [0.2, 0.25) is 0 Å². The SMILES string of the molecule is O=C1NC(=O)N(c2ccc(C34CC5CC(CC(C5)C3)C4)cc2)C(=O)/C1=C/c1cc(I)c(OCc2ccccc2Cl)c(I)c1. The Hall–Kier alpha value is -2.44. The summed E-state index contributed by atoms with van der Waals surface area (Å²) in [5, 5.41) is 2.99. The van der Waals surface area contributed by atoms with Crippen molar-refractivity contribution in [3.05, 3.63) is 95.1 Å². The molecule has 4 saturated carbocycles. The summed E-state index contributed by atoms with van der Waals surface area (Å²) in [7, 11) is 0. The van der Waals surface area contributed by atoms with Gasteiger partial charge in [-0.25, -0.2) is 9.69 Å². The maximum absolute atomic E-state index is 13.6. The van der Waals surface area contributed by atoms with Crippen molar-refractivity contribution < 1.29 is 19.1 Å². The molecule has 3 aromatic carbocycles. The van der Waals surface area contributed by atoms with E-state index in [4.69, 9.17) is 16.3 Å². The van der Waals surface area contributed by atoms with Crippen LogP contribution < -0.4 is 15.0 Å². The van der Waals surface area contributed by atoms with E-state index in [0.717, 1.165) is 35.4 Å². The molecule has 0 unspecified atom stereocenters. The molecule has 5 aliphatic rings. The summed E-state index contributed by atoms with van der Waals surface area (Å²) in [6.45, 7) is 0.311. The molecule has 4 bridgehead atoms. The maximum atomic E-state index is 13.6. The van der Waals surface area contributed by atoms with Crippen LogP contribution in [0.4, 0.5) is 10.5 Å². The molecule has 1 heterocycles. The molecular weight excluding hydrogens is 790 g/mol. The van der Waals surface area contributed by atoms with Crippen molar-refractivity contribution in [2.24, 2.45) is 17.8 Å². The molecule has 3 aromatic rings. The molecule has 0 aromatic heterocycles. The van der Waals surface area contributed by atoms with Crippen molar-refractivity contribution in [2.75, 3.05) is 4.90 Å². The monoisotopic (exact) mass is 818 g/mol. The van der Waals surface area contributed by atoms with Crippen LogP contribution in [-0.2, 0) is 21.6 Å². The number of ether oxygens (including phenoxy) is 1. The predicted molar refractivity (Wildman–Crippen MR) is 183 cm³/mol. The lowest BCUT2D eigenvalue weighted by molar-refractivity contribution is -0.122. The highest BCUT2D eigenvalue weighted by atomic mass is 127. The Labute approximate surface area is 282 Å². The standard InChI is InChI=1S/C34H29ClI2N2O4/c35-27-4-2-1-3-23(27)18-43-30-28(36)13-19(14-29(30)37)12-26-31(40)38-33(42)39(32(26)41)25-7-5-24(6-8-25)34-15-20-9-21(16-34)11-22(10-20)17-34/h1-8,12-14,20-22H,9-11,15-18H2,(H,38,40,42)/b26-12+. The number of hydrogen-bond donors (Lipinski definition) is 1. The fraction of sp³-hybridized carbons (Fsp3) is 0.324. The van der Waals surface area contributed by atoms with Crippen LogP contribution in [0.1, 0.15) is 55.2 Å². The third-order valence-electron chi connectivity index (χ3n) is 9.54. The molecule has 4 aliphatic carbocycles. The fourth-order valence-electron chi connectivity index (χ4n) is 8.05. The van der Waals surface area contributed by atoms with E-state index in [1.807, 2.05) is 48.5 Å². The normalized spacial score (nSPS) is 27.1. The van der Waals surface area contributed by atoms with E-state index < -0.39 is 17.8 Å². The average Bonchev–Trinajstić information content (AvgIpc) is 2.95. The summed E-state index contributed by atoms with van der Waals surface area (Å²) in [5.74, 6) is 1.83. The summed E-state index contributed by atoms with van der Waals surface area (Å²) < 4.78 is 7.72. The first-order chi connectivity index (χ1) is 20.7. The van der Waals surface area contributed by atoms with Gasteiger partial charge in [0, 0.05) is 10.6 Å². The molecule has 0 atom stereocenters. The number of amides is 4. The molecule has 220 valence electrons. The third kappa shape index (κ3) is 5.52. The van der Waals surface area contributed by atoms with Gasteiger partial charge >= 0.3 is 6.03 Å². The summed E-state index contributed by atoms with van der Waals surface area (Å²) in [5.41, 5.74) is 3.43. The zero-order valence-electron chi connectivity index (χ0n) is 23.2. The van der Waals surface area contributed by atoms with Gasteiger partial charge in [0.25, 0.3) is 11.8 Å². The number of carbonyl (C=O) groups is 3. The highest BCUT2D eigenvalue weighted by Gasteiger charge is 2.51. The van der Waals surface area contributed by atoms with Gasteiger partial charge in [0.1, 0.15) is 17.9 Å². The minimum Gasteiger partial charge on any atom is -0.487 e. The van der Waals surface area contributed by atoms with E-state index in [1.165, 1.54) is 50.2 Å². The average molecular weight is 819 g/mol. The Morgan fingerprint density at radius 3 is 2.12 bits per heavy atom. The number of hydrogen-bond acceptors (Lipinski definition) is 4. The van der Waals surface area contributed by atoms with Crippen molar-refractivity contribution in [1.82, 2.24) is 5.32 Å². The van der Waals surface area contributed by atoms with Crippen LogP contribution in [0.25, 0.3) is 6.08 Å². The minimum absolute atomic E-state index is 0.0962. The van der Waals surface area contributed by atoms with Crippen LogP contribution >= 0.6 is 56.8 Å². The minimum atomic E-state index is -0.734. The molecule has 1 N–H and O–H groups in total. The zero-order chi connectivity index (χ0) is 29.9. The summed E-state index contributed by atoms with van der Waals surface area (Å²) in [6, 6.07) is 18.4.